The second-order valence-corrected chi connectivity index (χ2v) is 6.39. The lowest BCUT2D eigenvalue weighted by atomic mass is 10.1. The monoisotopic (exact) mass is 347 g/mol. The van der Waals surface area contributed by atoms with Crippen LogP contribution in [-0.4, -0.2) is 35.8 Å². The molecule has 0 amide bonds. The van der Waals surface area contributed by atoms with Gasteiger partial charge in [-0.25, -0.2) is 19.6 Å². The SMILES string of the molecule is Cc1ccc(C)c(-n2ncc3c(NCCCn4ccnc4)ncnc32)c1. The van der Waals surface area contributed by atoms with Crippen molar-refractivity contribution >= 4 is 16.9 Å². The summed E-state index contributed by atoms with van der Waals surface area (Å²) in [4.78, 5) is 12.9. The van der Waals surface area contributed by atoms with E-state index >= 15 is 0 Å². The minimum absolute atomic E-state index is 0.811. The molecule has 0 bridgehead atoms. The van der Waals surface area contributed by atoms with Crippen LogP contribution in [0.25, 0.3) is 16.7 Å². The predicted molar refractivity (Wildman–Crippen MR) is 101 cm³/mol. The molecule has 0 aliphatic carbocycles. The van der Waals surface area contributed by atoms with Crippen LogP contribution in [0.1, 0.15) is 17.5 Å². The normalized spacial score (nSPS) is 11.2. The molecule has 0 atom stereocenters. The summed E-state index contributed by atoms with van der Waals surface area (Å²) in [5.74, 6) is 0.817. The summed E-state index contributed by atoms with van der Waals surface area (Å²) in [7, 11) is 0. The van der Waals surface area contributed by atoms with Gasteiger partial charge < -0.3 is 9.88 Å². The van der Waals surface area contributed by atoms with Gasteiger partial charge in [0.05, 0.1) is 23.6 Å². The lowest BCUT2D eigenvalue weighted by Gasteiger charge is -2.09. The number of rotatable bonds is 6. The highest BCUT2D eigenvalue weighted by atomic mass is 15.3. The van der Waals surface area contributed by atoms with E-state index in [1.165, 1.54) is 5.56 Å². The van der Waals surface area contributed by atoms with Crippen molar-refractivity contribution < 1.29 is 0 Å². The van der Waals surface area contributed by atoms with Gasteiger partial charge in [0.15, 0.2) is 5.65 Å². The van der Waals surface area contributed by atoms with E-state index in [0.717, 1.165) is 47.6 Å². The standard InChI is InChI=1S/C19H21N7/c1-14-4-5-15(2)17(10-14)26-19-16(11-24-26)18(22-12-23-19)21-6-3-8-25-9-7-20-13-25/h4-5,7,9-13H,3,6,8H2,1-2H3,(H,21,22,23). The third-order valence-electron chi connectivity index (χ3n) is 4.40. The summed E-state index contributed by atoms with van der Waals surface area (Å²) in [6, 6.07) is 6.34. The minimum atomic E-state index is 0.811. The number of hydrogen-bond donors (Lipinski definition) is 1. The Balaban J connectivity index is 1.56. The second kappa shape index (κ2) is 6.95. The number of imidazole rings is 1. The van der Waals surface area contributed by atoms with Gasteiger partial charge in [-0.1, -0.05) is 12.1 Å². The maximum absolute atomic E-state index is 4.56. The molecule has 0 spiro atoms. The molecule has 132 valence electrons. The van der Waals surface area contributed by atoms with Crippen molar-refractivity contribution in [3.63, 3.8) is 0 Å². The lowest BCUT2D eigenvalue weighted by Crippen LogP contribution is -2.07. The zero-order valence-corrected chi connectivity index (χ0v) is 14.9. The molecule has 0 fully saturated rings. The molecule has 4 aromatic rings. The number of aryl methyl sites for hydroxylation is 3. The van der Waals surface area contributed by atoms with Crippen LogP contribution in [0, 0.1) is 13.8 Å². The van der Waals surface area contributed by atoms with E-state index in [9.17, 15) is 0 Å². The molecule has 7 nitrogen and oxygen atoms in total. The van der Waals surface area contributed by atoms with Crippen LogP contribution >= 0.6 is 0 Å². The highest BCUT2D eigenvalue weighted by molar-refractivity contribution is 5.87. The van der Waals surface area contributed by atoms with Gasteiger partial charge in [-0.3, -0.25) is 0 Å². The Kier molecular flexibility index (Phi) is 4.35. The number of nitrogens with one attached hydrogen (secondary N) is 1. The number of nitrogens with zero attached hydrogens (tertiary/aromatic N) is 6. The molecule has 3 aromatic heterocycles. The first-order valence-electron chi connectivity index (χ1n) is 8.68. The molecule has 3 heterocycles. The van der Waals surface area contributed by atoms with Crippen LogP contribution in [-0.2, 0) is 6.54 Å². The fraction of sp³-hybridized carbons (Fsp3) is 0.263. The maximum atomic E-state index is 4.56. The zero-order valence-electron chi connectivity index (χ0n) is 14.9. The van der Waals surface area contributed by atoms with E-state index in [0.29, 0.717) is 0 Å². The largest absolute Gasteiger partial charge is 0.369 e. The molecule has 0 saturated heterocycles. The average molecular weight is 347 g/mol. The smallest absolute Gasteiger partial charge is 0.168 e. The first-order valence-corrected chi connectivity index (χ1v) is 8.68. The molecule has 0 saturated carbocycles. The first kappa shape index (κ1) is 16.3. The van der Waals surface area contributed by atoms with E-state index in [-0.39, 0.29) is 0 Å². The Labute approximate surface area is 151 Å². The summed E-state index contributed by atoms with van der Waals surface area (Å²) in [6.07, 6.45) is 9.99. The minimum Gasteiger partial charge on any atom is -0.369 e. The zero-order chi connectivity index (χ0) is 17.9. The highest BCUT2D eigenvalue weighted by Gasteiger charge is 2.12. The van der Waals surface area contributed by atoms with Crippen molar-refractivity contribution in [3.8, 4) is 5.69 Å². The van der Waals surface area contributed by atoms with E-state index in [1.54, 1.807) is 12.5 Å². The molecule has 0 aliphatic heterocycles. The summed E-state index contributed by atoms with van der Waals surface area (Å²) >= 11 is 0. The Hall–Kier alpha value is -3.22. The van der Waals surface area contributed by atoms with Crippen molar-refractivity contribution in [2.45, 2.75) is 26.8 Å². The van der Waals surface area contributed by atoms with E-state index in [1.807, 2.05) is 23.4 Å². The number of fused-ring (bicyclic) bond motifs is 1. The van der Waals surface area contributed by atoms with Crippen LogP contribution in [0.2, 0.25) is 0 Å². The molecule has 7 heteroatoms. The van der Waals surface area contributed by atoms with Crippen LogP contribution in [0.5, 0.6) is 0 Å². The third kappa shape index (κ3) is 3.15. The topological polar surface area (TPSA) is 73.5 Å². The second-order valence-electron chi connectivity index (χ2n) is 6.39. The molecule has 26 heavy (non-hydrogen) atoms. The summed E-state index contributed by atoms with van der Waals surface area (Å²) in [5, 5.41) is 8.89. The van der Waals surface area contributed by atoms with Crippen molar-refractivity contribution in [2.75, 3.05) is 11.9 Å². The lowest BCUT2D eigenvalue weighted by molar-refractivity contribution is 0.660. The van der Waals surface area contributed by atoms with Gasteiger partial charge in [-0.2, -0.15) is 5.10 Å². The van der Waals surface area contributed by atoms with Crippen molar-refractivity contribution in [2.24, 2.45) is 0 Å². The van der Waals surface area contributed by atoms with Crippen molar-refractivity contribution in [1.82, 2.24) is 29.3 Å². The van der Waals surface area contributed by atoms with Crippen molar-refractivity contribution in [1.29, 1.82) is 0 Å². The number of anilines is 1. The Morgan fingerprint density at radius 3 is 2.92 bits per heavy atom. The highest BCUT2D eigenvalue weighted by Crippen LogP contribution is 2.23. The van der Waals surface area contributed by atoms with Crippen molar-refractivity contribution in [3.05, 3.63) is 60.6 Å². The summed E-state index contributed by atoms with van der Waals surface area (Å²) in [5.41, 5.74) is 4.21. The molecule has 0 unspecified atom stereocenters. The fourth-order valence-corrected chi connectivity index (χ4v) is 3.00. The first-order chi connectivity index (χ1) is 12.7. The average Bonchev–Trinajstić information content (AvgIpc) is 3.31. The number of aromatic nitrogens is 6. The van der Waals surface area contributed by atoms with E-state index in [2.05, 4.69) is 62.0 Å². The Morgan fingerprint density at radius 1 is 1.15 bits per heavy atom. The van der Waals surface area contributed by atoms with Gasteiger partial charge in [0.1, 0.15) is 12.1 Å². The molecule has 1 N–H and O–H groups in total. The molecule has 1 aromatic carbocycles. The van der Waals surface area contributed by atoms with Gasteiger partial charge in [0.2, 0.25) is 0 Å². The van der Waals surface area contributed by atoms with Gasteiger partial charge in [0, 0.05) is 25.5 Å². The summed E-state index contributed by atoms with van der Waals surface area (Å²) < 4.78 is 3.95. The molecular formula is C19H21N7. The van der Waals surface area contributed by atoms with E-state index in [4.69, 9.17) is 0 Å². The van der Waals surface area contributed by atoms with Crippen LogP contribution in [0.3, 0.4) is 0 Å². The molecule has 4 rings (SSSR count). The van der Waals surface area contributed by atoms with Crippen LogP contribution < -0.4 is 5.32 Å². The van der Waals surface area contributed by atoms with Gasteiger partial charge >= 0.3 is 0 Å². The Bertz CT molecular complexity index is 1020. The summed E-state index contributed by atoms with van der Waals surface area (Å²) in [6.45, 7) is 5.90. The third-order valence-corrected chi connectivity index (χ3v) is 4.40. The Morgan fingerprint density at radius 2 is 2.08 bits per heavy atom. The van der Waals surface area contributed by atoms with Gasteiger partial charge in [-0.15, -0.1) is 0 Å². The molecule has 0 aliphatic rings. The van der Waals surface area contributed by atoms with Crippen LogP contribution in [0.4, 0.5) is 5.82 Å². The van der Waals surface area contributed by atoms with Gasteiger partial charge in [0.25, 0.3) is 0 Å². The predicted octanol–water partition coefficient (Wildman–Crippen LogP) is 3.13. The molecular weight excluding hydrogens is 326 g/mol. The van der Waals surface area contributed by atoms with Crippen LogP contribution in [0.15, 0.2) is 49.4 Å². The fourth-order valence-electron chi connectivity index (χ4n) is 3.00. The molecule has 0 radical (unpaired) electrons. The quantitative estimate of drug-likeness (QED) is 0.543. The van der Waals surface area contributed by atoms with E-state index < -0.39 is 0 Å². The maximum Gasteiger partial charge on any atom is 0.168 e. The number of hydrogen-bond acceptors (Lipinski definition) is 5. The van der Waals surface area contributed by atoms with Gasteiger partial charge in [-0.05, 0) is 37.5 Å². The number of benzene rings is 1.